The number of hydrogen-bond acceptors (Lipinski definition) is 5. The van der Waals surface area contributed by atoms with Crippen LogP contribution in [0.4, 0.5) is 0 Å². The van der Waals surface area contributed by atoms with Crippen molar-refractivity contribution in [2.45, 2.75) is 82.8 Å². The summed E-state index contributed by atoms with van der Waals surface area (Å²) in [5, 5.41) is 33.1. The Balaban J connectivity index is 1.50. The second-order valence-electron chi connectivity index (χ2n) is 11.0. The predicted molar refractivity (Wildman–Crippen MR) is 108 cm³/mol. The lowest BCUT2D eigenvalue weighted by molar-refractivity contribution is -0.249. The molecule has 1 aliphatic heterocycles. The molecule has 5 heteroatoms. The van der Waals surface area contributed by atoms with Crippen LogP contribution in [0.25, 0.3) is 0 Å². The van der Waals surface area contributed by atoms with Gasteiger partial charge < -0.3 is 20.1 Å². The quantitative estimate of drug-likeness (QED) is 0.616. The summed E-state index contributed by atoms with van der Waals surface area (Å²) in [6.07, 6.45) is 10.6. The average Bonchev–Trinajstić information content (AvgIpc) is 3.13. The lowest BCUT2D eigenvalue weighted by Gasteiger charge is -2.67. The van der Waals surface area contributed by atoms with E-state index in [0.717, 1.165) is 69.8 Å². The van der Waals surface area contributed by atoms with Crippen molar-refractivity contribution in [3.05, 3.63) is 11.6 Å². The average molecular weight is 405 g/mol. The Morgan fingerprint density at radius 2 is 1.93 bits per heavy atom. The van der Waals surface area contributed by atoms with Crippen LogP contribution in [-0.4, -0.2) is 46.2 Å². The van der Waals surface area contributed by atoms with Gasteiger partial charge in [-0.3, -0.25) is 0 Å². The van der Waals surface area contributed by atoms with Gasteiger partial charge in [0.15, 0.2) is 0 Å². The summed E-state index contributed by atoms with van der Waals surface area (Å²) >= 11 is 0. The summed E-state index contributed by atoms with van der Waals surface area (Å²) in [7, 11) is 0. The van der Waals surface area contributed by atoms with E-state index < -0.39 is 5.60 Å². The molecule has 0 bridgehead atoms. The third kappa shape index (κ3) is 2.66. The Bertz CT molecular complexity index is 718. The van der Waals surface area contributed by atoms with Crippen LogP contribution in [0.5, 0.6) is 0 Å². The van der Waals surface area contributed by atoms with E-state index in [9.17, 15) is 20.1 Å². The zero-order valence-electron chi connectivity index (χ0n) is 17.6. The number of fused-ring (bicyclic) bond motifs is 5. The molecule has 1 heterocycles. The molecule has 4 fully saturated rings. The molecule has 5 aliphatic rings. The fraction of sp³-hybridized carbons (Fsp3) is 0.875. The van der Waals surface area contributed by atoms with Gasteiger partial charge in [0.2, 0.25) is 0 Å². The highest BCUT2D eigenvalue weighted by Gasteiger charge is 2.66. The van der Waals surface area contributed by atoms with E-state index in [1.165, 1.54) is 0 Å². The molecule has 5 nitrogen and oxygen atoms in total. The monoisotopic (exact) mass is 404 g/mol. The van der Waals surface area contributed by atoms with E-state index in [0.29, 0.717) is 18.4 Å². The van der Waals surface area contributed by atoms with Crippen molar-refractivity contribution < 1.29 is 24.9 Å². The molecule has 29 heavy (non-hydrogen) atoms. The maximum atomic E-state index is 12.3. The van der Waals surface area contributed by atoms with E-state index in [1.54, 1.807) is 6.08 Å². The summed E-state index contributed by atoms with van der Waals surface area (Å²) in [5.74, 6) is 0.845. The van der Waals surface area contributed by atoms with Gasteiger partial charge in [-0.2, -0.15) is 0 Å². The van der Waals surface area contributed by atoms with Gasteiger partial charge in [-0.05, 0) is 98.9 Å². The van der Waals surface area contributed by atoms with Gasteiger partial charge in [0.1, 0.15) is 6.61 Å². The van der Waals surface area contributed by atoms with Crippen molar-refractivity contribution in [1.29, 1.82) is 0 Å². The molecule has 4 aliphatic carbocycles. The van der Waals surface area contributed by atoms with Crippen molar-refractivity contribution in [2.24, 2.45) is 34.5 Å². The number of cyclic esters (lactones) is 1. The molecule has 0 unspecified atom stereocenters. The van der Waals surface area contributed by atoms with Gasteiger partial charge in [-0.25, -0.2) is 4.79 Å². The fourth-order valence-corrected chi connectivity index (χ4v) is 8.70. The minimum Gasteiger partial charge on any atom is -0.458 e. The molecular formula is C24H36O5. The smallest absolute Gasteiger partial charge is 0.331 e. The van der Waals surface area contributed by atoms with Crippen molar-refractivity contribution in [2.75, 3.05) is 13.2 Å². The minimum atomic E-state index is -0.755. The number of carbonyl (C=O) groups excluding carboxylic acids is 1. The van der Waals surface area contributed by atoms with E-state index in [2.05, 4.69) is 6.92 Å². The fourth-order valence-electron chi connectivity index (χ4n) is 8.70. The third-order valence-electron chi connectivity index (χ3n) is 10.2. The van der Waals surface area contributed by atoms with Crippen LogP contribution in [0.3, 0.4) is 0 Å². The van der Waals surface area contributed by atoms with E-state index in [-0.39, 0.29) is 41.3 Å². The molecule has 0 radical (unpaired) electrons. The maximum Gasteiger partial charge on any atom is 0.331 e. The summed E-state index contributed by atoms with van der Waals surface area (Å²) < 4.78 is 5.23. The van der Waals surface area contributed by atoms with Gasteiger partial charge in [0.05, 0.1) is 11.7 Å². The van der Waals surface area contributed by atoms with Crippen molar-refractivity contribution in [1.82, 2.24) is 0 Å². The molecule has 162 valence electrons. The third-order valence-corrected chi connectivity index (χ3v) is 10.2. The number of ether oxygens (including phenoxy) is 1. The molecule has 4 saturated carbocycles. The highest BCUT2D eigenvalue weighted by Crippen LogP contribution is 2.68. The van der Waals surface area contributed by atoms with Crippen molar-refractivity contribution >= 4 is 5.97 Å². The normalized spacial score (nSPS) is 52.1. The molecule has 8 atom stereocenters. The number of rotatable bonds is 2. The second-order valence-corrected chi connectivity index (χ2v) is 11.0. The summed E-state index contributed by atoms with van der Waals surface area (Å²) in [5.41, 5.74) is -0.0728. The first-order valence-corrected chi connectivity index (χ1v) is 11.7. The Labute approximate surface area is 173 Å². The van der Waals surface area contributed by atoms with Crippen LogP contribution in [0, 0.1) is 34.5 Å². The summed E-state index contributed by atoms with van der Waals surface area (Å²) in [4.78, 5) is 11.7. The van der Waals surface area contributed by atoms with Gasteiger partial charge in [-0.15, -0.1) is 0 Å². The highest BCUT2D eigenvalue weighted by atomic mass is 16.5. The van der Waals surface area contributed by atoms with Crippen LogP contribution >= 0.6 is 0 Å². The van der Waals surface area contributed by atoms with Gasteiger partial charge >= 0.3 is 5.97 Å². The molecule has 0 aromatic heterocycles. The van der Waals surface area contributed by atoms with Crippen molar-refractivity contribution in [3.63, 3.8) is 0 Å². The highest BCUT2D eigenvalue weighted by molar-refractivity contribution is 5.85. The number of hydrogen-bond donors (Lipinski definition) is 3. The Morgan fingerprint density at radius 1 is 1.10 bits per heavy atom. The van der Waals surface area contributed by atoms with Crippen LogP contribution in [0.15, 0.2) is 11.6 Å². The predicted octanol–water partition coefficient (Wildman–Crippen LogP) is 2.97. The molecule has 0 saturated heterocycles. The van der Waals surface area contributed by atoms with Crippen LogP contribution in [-0.2, 0) is 9.53 Å². The van der Waals surface area contributed by atoms with Gasteiger partial charge in [0.25, 0.3) is 0 Å². The number of carbonyl (C=O) groups is 1. The Morgan fingerprint density at radius 3 is 2.66 bits per heavy atom. The maximum absolute atomic E-state index is 12.3. The second kappa shape index (κ2) is 6.80. The van der Waals surface area contributed by atoms with Crippen LogP contribution in [0.1, 0.15) is 71.1 Å². The standard InChI is InChI=1S/C24H36O5/c1-22-9-7-19-20(5-4-16-12-17(26)6-10-23(16,19)14-25)24(22,28)8-2-3-18(22)15-11-21(27)29-13-15/h11,16-20,25-26,28H,2-10,12-14H2,1H3/t16-,17-,18+,19-,20+,22+,23+,24+/m0/s1. The molecule has 0 amide bonds. The lowest BCUT2D eigenvalue weighted by Crippen LogP contribution is -2.67. The minimum absolute atomic E-state index is 0.141. The number of aliphatic hydroxyl groups excluding tert-OH is 2. The van der Waals surface area contributed by atoms with Gasteiger partial charge in [0, 0.05) is 18.1 Å². The molecule has 0 aromatic carbocycles. The molecule has 0 aromatic rings. The van der Waals surface area contributed by atoms with Crippen LogP contribution in [0.2, 0.25) is 0 Å². The molecule has 5 rings (SSSR count). The largest absolute Gasteiger partial charge is 0.458 e. The van der Waals surface area contributed by atoms with Crippen LogP contribution < -0.4 is 0 Å². The zero-order valence-corrected chi connectivity index (χ0v) is 17.6. The molecule has 3 N–H and O–H groups in total. The lowest BCUT2D eigenvalue weighted by atomic mass is 9.39. The van der Waals surface area contributed by atoms with E-state index in [1.807, 2.05) is 0 Å². The molecule has 0 spiro atoms. The Kier molecular flexibility index (Phi) is 4.69. The van der Waals surface area contributed by atoms with E-state index >= 15 is 0 Å². The molecular weight excluding hydrogens is 368 g/mol. The van der Waals surface area contributed by atoms with Gasteiger partial charge in [-0.1, -0.05) is 6.92 Å². The topological polar surface area (TPSA) is 87.0 Å². The SMILES string of the molecule is C[C@]12CC[C@H]3[C@@H](CC[C@H]4C[C@@H](O)CC[C@@]43CO)[C@]1(O)CCC[C@@H]2C1=CC(=O)OC1. The summed E-state index contributed by atoms with van der Waals surface area (Å²) in [6.45, 7) is 2.80. The Hall–Kier alpha value is -0.910. The van der Waals surface area contributed by atoms with E-state index in [4.69, 9.17) is 4.74 Å². The van der Waals surface area contributed by atoms with Crippen molar-refractivity contribution in [3.8, 4) is 0 Å². The summed E-state index contributed by atoms with van der Waals surface area (Å²) in [6, 6.07) is 0. The number of esters is 1. The first-order chi connectivity index (χ1) is 13.8. The number of aliphatic hydroxyl groups is 3. The zero-order chi connectivity index (χ0) is 20.4. The first kappa shape index (κ1) is 20.0. The first-order valence-electron chi connectivity index (χ1n) is 11.7.